The topological polar surface area (TPSA) is 95.7 Å². The van der Waals surface area contributed by atoms with Crippen LogP contribution in [0.3, 0.4) is 0 Å². The van der Waals surface area contributed by atoms with E-state index in [1.165, 1.54) is 5.56 Å². The summed E-state index contributed by atoms with van der Waals surface area (Å²) in [6.07, 6.45) is -0.494. The minimum atomic E-state index is -0.494. The van der Waals surface area contributed by atoms with Crippen molar-refractivity contribution in [2.75, 3.05) is 17.7 Å². The number of anilines is 1. The van der Waals surface area contributed by atoms with Crippen LogP contribution in [-0.2, 0) is 4.79 Å². The van der Waals surface area contributed by atoms with E-state index in [9.17, 15) is 4.79 Å². The zero-order chi connectivity index (χ0) is 23.3. The molecule has 1 N–H and O–H groups in total. The Kier molecular flexibility index (Phi) is 6.35. The average molecular weight is 476 g/mol. The van der Waals surface area contributed by atoms with Crippen molar-refractivity contribution in [3.8, 4) is 23.0 Å². The predicted molar refractivity (Wildman–Crippen MR) is 127 cm³/mol. The number of fused-ring (bicyclic) bond motifs is 1. The van der Waals surface area contributed by atoms with Gasteiger partial charge >= 0.3 is 0 Å². The number of ether oxygens (including phenoxy) is 3. The molecule has 2 heterocycles. The normalized spacial score (nSPS) is 14.4. The maximum atomic E-state index is 12.3. The maximum Gasteiger partial charge on any atom is 0.277 e. The lowest BCUT2D eigenvalue weighted by molar-refractivity contribution is -0.113. The number of carbonyl (C=O) groups is 1. The Morgan fingerprint density at radius 3 is 2.47 bits per heavy atom. The average Bonchev–Trinajstić information content (AvgIpc) is 3.34. The Labute approximate surface area is 200 Å². The van der Waals surface area contributed by atoms with Crippen LogP contribution in [-0.4, -0.2) is 28.5 Å². The van der Waals surface area contributed by atoms with Crippen LogP contribution in [0.25, 0.3) is 0 Å². The van der Waals surface area contributed by atoms with Gasteiger partial charge in [0.25, 0.3) is 11.1 Å². The SMILES string of the molecule is Cc1ccc(Oc2ccc(NC(=O)CSc3nnc([C@@H]4COc5ccccc5O4)o3)cc2)cc1. The lowest BCUT2D eigenvalue weighted by Crippen LogP contribution is -2.21. The Hall–Kier alpha value is -3.98. The van der Waals surface area contributed by atoms with Crippen LogP contribution >= 0.6 is 11.8 Å². The fraction of sp³-hybridized carbons (Fsp3) is 0.160. The summed E-state index contributed by atoms with van der Waals surface area (Å²) >= 11 is 1.15. The molecule has 1 amide bonds. The van der Waals surface area contributed by atoms with E-state index in [1.54, 1.807) is 24.3 Å². The first-order chi connectivity index (χ1) is 16.6. The van der Waals surface area contributed by atoms with E-state index in [-0.39, 0.29) is 23.5 Å². The number of para-hydroxylation sites is 2. The van der Waals surface area contributed by atoms with Gasteiger partial charge in [-0.05, 0) is 55.5 Å². The summed E-state index contributed by atoms with van der Waals surface area (Å²) in [5.41, 5.74) is 1.83. The fourth-order valence-electron chi connectivity index (χ4n) is 3.22. The van der Waals surface area contributed by atoms with E-state index in [0.717, 1.165) is 17.5 Å². The number of benzene rings is 3. The van der Waals surface area contributed by atoms with Crippen LogP contribution in [0.2, 0.25) is 0 Å². The highest BCUT2D eigenvalue weighted by molar-refractivity contribution is 7.99. The molecule has 8 nitrogen and oxygen atoms in total. The van der Waals surface area contributed by atoms with E-state index < -0.39 is 6.10 Å². The first-order valence-corrected chi connectivity index (χ1v) is 11.6. The molecule has 1 atom stereocenters. The molecule has 0 fully saturated rings. The summed E-state index contributed by atoms with van der Waals surface area (Å²) in [5, 5.41) is 11.2. The highest BCUT2D eigenvalue weighted by Crippen LogP contribution is 2.36. The standard InChI is InChI=1S/C25H21N3O5S/c1-16-6-10-18(11-7-16)31-19-12-8-17(9-13-19)26-23(29)15-34-25-28-27-24(33-25)22-14-30-20-4-2-3-5-21(20)32-22/h2-13,22H,14-15H2,1H3,(H,26,29)/t22-/m0/s1. The molecule has 0 saturated carbocycles. The number of amides is 1. The molecule has 0 saturated heterocycles. The number of nitrogens with one attached hydrogen (secondary N) is 1. The number of nitrogens with zero attached hydrogens (tertiary/aromatic N) is 2. The van der Waals surface area contributed by atoms with Gasteiger partial charge in [0.2, 0.25) is 12.0 Å². The van der Waals surface area contributed by atoms with Gasteiger partial charge in [-0.2, -0.15) is 0 Å². The number of aromatic nitrogens is 2. The Balaban J connectivity index is 1.11. The summed E-state index contributed by atoms with van der Waals surface area (Å²) in [5.74, 6) is 2.98. The molecule has 5 rings (SSSR count). The number of hydrogen-bond donors (Lipinski definition) is 1. The minimum Gasteiger partial charge on any atom is -0.485 e. The van der Waals surface area contributed by atoms with Gasteiger partial charge in [0.05, 0.1) is 5.75 Å². The number of hydrogen-bond acceptors (Lipinski definition) is 8. The fourth-order valence-corrected chi connectivity index (χ4v) is 3.79. The second-order valence-corrected chi connectivity index (χ2v) is 8.47. The largest absolute Gasteiger partial charge is 0.485 e. The Morgan fingerprint density at radius 1 is 1.00 bits per heavy atom. The molecule has 3 aromatic carbocycles. The second kappa shape index (κ2) is 9.88. The van der Waals surface area contributed by atoms with Crippen LogP contribution in [0.1, 0.15) is 17.6 Å². The van der Waals surface area contributed by atoms with Gasteiger partial charge in [-0.1, -0.05) is 41.6 Å². The van der Waals surface area contributed by atoms with E-state index in [0.29, 0.717) is 28.8 Å². The molecule has 4 aromatic rings. The first-order valence-electron chi connectivity index (χ1n) is 10.6. The molecule has 0 aliphatic carbocycles. The van der Waals surface area contributed by atoms with Crippen molar-refractivity contribution >= 4 is 23.4 Å². The molecule has 0 bridgehead atoms. The van der Waals surface area contributed by atoms with Crippen molar-refractivity contribution in [3.63, 3.8) is 0 Å². The number of rotatable bonds is 7. The Bertz CT molecular complexity index is 1270. The molecule has 0 radical (unpaired) electrons. The molecule has 1 aliphatic rings. The molecular weight excluding hydrogens is 454 g/mol. The monoisotopic (exact) mass is 475 g/mol. The summed E-state index contributed by atoms with van der Waals surface area (Å²) in [6, 6.07) is 22.4. The van der Waals surface area contributed by atoms with Crippen molar-refractivity contribution in [1.82, 2.24) is 10.2 Å². The van der Waals surface area contributed by atoms with Crippen LogP contribution in [0.4, 0.5) is 5.69 Å². The molecule has 9 heteroatoms. The third-order valence-corrected chi connectivity index (χ3v) is 5.75. The minimum absolute atomic E-state index is 0.119. The van der Waals surface area contributed by atoms with Gasteiger partial charge in [0.1, 0.15) is 18.1 Å². The summed E-state index contributed by atoms with van der Waals surface area (Å²) in [4.78, 5) is 12.3. The highest BCUT2D eigenvalue weighted by atomic mass is 32.2. The molecule has 1 aromatic heterocycles. The Morgan fingerprint density at radius 2 is 1.71 bits per heavy atom. The third kappa shape index (κ3) is 5.32. The zero-order valence-corrected chi connectivity index (χ0v) is 19.1. The molecule has 34 heavy (non-hydrogen) atoms. The van der Waals surface area contributed by atoms with E-state index in [1.807, 2.05) is 55.5 Å². The van der Waals surface area contributed by atoms with Crippen molar-refractivity contribution in [2.24, 2.45) is 0 Å². The van der Waals surface area contributed by atoms with Gasteiger partial charge in [0, 0.05) is 5.69 Å². The number of carbonyl (C=O) groups excluding carboxylic acids is 1. The van der Waals surface area contributed by atoms with Gasteiger partial charge in [-0.25, -0.2) is 0 Å². The summed E-state index contributed by atoms with van der Waals surface area (Å²) < 4.78 is 23.0. The number of aryl methyl sites for hydroxylation is 1. The van der Waals surface area contributed by atoms with Crippen molar-refractivity contribution in [1.29, 1.82) is 0 Å². The van der Waals surface area contributed by atoms with Gasteiger partial charge in [0.15, 0.2) is 11.5 Å². The number of thioether (sulfide) groups is 1. The van der Waals surface area contributed by atoms with Crippen LogP contribution in [0.5, 0.6) is 23.0 Å². The van der Waals surface area contributed by atoms with Crippen LogP contribution in [0, 0.1) is 6.92 Å². The quantitative estimate of drug-likeness (QED) is 0.354. The zero-order valence-electron chi connectivity index (χ0n) is 18.3. The summed E-state index contributed by atoms with van der Waals surface area (Å²) in [7, 11) is 0. The van der Waals surface area contributed by atoms with Crippen molar-refractivity contribution in [2.45, 2.75) is 18.3 Å². The second-order valence-electron chi connectivity index (χ2n) is 7.55. The third-order valence-electron chi connectivity index (χ3n) is 4.93. The van der Waals surface area contributed by atoms with Crippen molar-refractivity contribution < 1.29 is 23.4 Å². The molecule has 1 aliphatic heterocycles. The predicted octanol–water partition coefficient (Wildman–Crippen LogP) is 5.41. The highest BCUT2D eigenvalue weighted by Gasteiger charge is 2.27. The van der Waals surface area contributed by atoms with Crippen LogP contribution in [0.15, 0.2) is 82.4 Å². The van der Waals surface area contributed by atoms with E-state index in [2.05, 4.69) is 15.5 Å². The van der Waals surface area contributed by atoms with Gasteiger partial charge < -0.3 is 23.9 Å². The van der Waals surface area contributed by atoms with Gasteiger partial charge in [-0.3, -0.25) is 4.79 Å². The molecule has 0 spiro atoms. The first kappa shape index (κ1) is 21.8. The maximum absolute atomic E-state index is 12.3. The molecular formula is C25H21N3O5S. The van der Waals surface area contributed by atoms with Crippen molar-refractivity contribution in [3.05, 3.63) is 84.3 Å². The smallest absolute Gasteiger partial charge is 0.277 e. The molecule has 172 valence electrons. The lowest BCUT2D eigenvalue weighted by Gasteiger charge is -2.23. The van der Waals surface area contributed by atoms with Crippen LogP contribution < -0.4 is 19.5 Å². The lowest BCUT2D eigenvalue weighted by atomic mass is 10.2. The molecule has 0 unspecified atom stereocenters. The van der Waals surface area contributed by atoms with Gasteiger partial charge in [-0.15, -0.1) is 10.2 Å². The van der Waals surface area contributed by atoms with E-state index >= 15 is 0 Å². The summed E-state index contributed by atoms with van der Waals surface area (Å²) in [6.45, 7) is 2.30. The van der Waals surface area contributed by atoms with E-state index in [4.69, 9.17) is 18.6 Å².